The van der Waals surface area contributed by atoms with E-state index < -0.39 is 0 Å². The van der Waals surface area contributed by atoms with Crippen molar-refractivity contribution in [3.63, 3.8) is 0 Å². The van der Waals surface area contributed by atoms with Gasteiger partial charge in [0.2, 0.25) is 0 Å². The molecule has 0 radical (unpaired) electrons. The zero-order chi connectivity index (χ0) is 18.4. The lowest BCUT2D eigenvalue weighted by Crippen LogP contribution is -2.59. The third-order valence-electron chi connectivity index (χ3n) is 6.59. The normalized spacial score (nSPS) is 31.1. The molecule has 2 aromatic rings. The summed E-state index contributed by atoms with van der Waals surface area (Å²) in [6.07, 6.45) is 7.70. The van der Waals surface area contributed by atoms with Gasteiger partial charge >= 0.3 is 0 Å². The molecule has 1 amide bonds. The van der Waals surface area contributed by atoms with E-state index in [0.29, 0.717) is 6.61 Å². The third kappa shape index (κ3) is 3.49. The maximum atomic E-state index is 12.9. The van der Waals surface area contributed by atoms with Gasteiger partial charge in [0.05, 0.1) is 10.7 Å². The van der Waals surface area contributed by atoms with Crippen molar-refractivity contribution in [1.82, 2.24) is 10.3 Å². The minimum absolute atomic E-state index is 0.0590. The van der Waals surface area contributed by atoms with E-state index in [-0.39, 0.29) is 11.4 Å². The molecule has 0 saturated heterocycles. The lowest BCUT2D eigenvalue weighted by molar-refractivity contribution is -0.0167. The number of thiazole rings is 1. The van der Waals surface area contributed by atoms with E-state index in [2.05, 4.69) is 10.3 Å². The molecule has 4 bridgehead atoms. The van der Waals surface area contributed by atoms with Crippen LogP contribution >= 0.6 is 11.3 Å². The molecule has 1 aromatic heterocycles. The fraction of sp³-hybridized carbons (Fsp3) is 0.545. The Kier molecular flexibility index (Phi) is 4.23. The van der Waals surface area contributed by atoms with Crippen molar-refractivity contribution in [2.45, 2.75) is 57.6 Å². The Morgan fingerprint density at radius 1 is 1.15 bits per heavy atom. The van der Waals surface area contributed by atoms with Crippen molar-refractivity contribution in [2.75, 3.05) is 0 Å². The summed E-state index contributed by atoms with van der Waals surface area (Å²) < 4.78 is 5.79. The molecule has 27 heavy (non-hydrogen) atoms. The first kappa shape index (κ1) is 17.2. The molecule has 1 aromatic carbocycles. The Labute approximate surface area is 164 Å². The van der Waals surface area contributed by atoms with Crippen LogP contribution in [0.4, 0.5) is 0 Å². The lowest BCUT2D eigenvalue weighted by atomic mass is 9.53. The first-order valence-electron chi connectivity index (χ1n) is 10.0. The molecule has 5 heteroatoms. The number of hydrogen-bond acceptors (Lipinski definition) is 4. The van der Waals surface area contributed by atoms with E-state index in [0.717, 1.165) is 39.8 Å². The van der Waals surface area contributed by atoms with Crippen LogP contribution in [-0.2, 0) is 6.61 Å². The summed E-state index contributed by atoms with van der Waals surface area (Å²) in [6, 6.07) is 7.51. The molecule has 0 unspecified atom stereocenters. The highest BCUT2D eigenvalue weighted by atomic mass is 32.1. The standard InChI is InChI=1S/C22H26N2O2S/c1-14-23-19(13-27-14)12-26-20-4-2-18(3-5-20)21(25)24-22-9-15-6-16(10-22)8-17(7-15)11-22/h2-5,13,15-17H,6-12H2,1H3,(H,24,25). The first-order chi connectivity index (χ1) is 13.1. The topological polar surface area (TPSA) is 51.2 Å². The van der Waals surface area contributed by atoms with Crippen molar-refractivity contribution in [1.29, 1.82) is 0 Å². The minimum Gasteiger partial charge on any atom is -0.487 e. The minimum atomic E-state index is 0.0590. The fourth-order valence-corrected chi connectivity index (χ4v) is 6.51. The van der Waals surface area contributed by atoms with Crippen LogP contribution in [0, 0.1) is 24.7 Å². The van der Waals surface area contributed by atoms with Gasteiger partial charge in [0.15, 0.2) is 0 Å². The maximum absolute atomic E-state index is 12.9. The van der Waals surface area contributed by atoms with Gasteiger partial charge in [-0.2, -0.15) is 0 Å². The Balaban J connectivity index is 1.22. The van der Waals surface area contributed by atoms with Crippen molar-refractivity contribution >= 4 is 17.2 Å². The first-order valence-corrected chi connectivity index (χ1v) is 10.9. The van der Waals surface area contributed by atoms with Crippen LogP contribution in [0.15, 0.2) is 29.6 Å². The van der Waals surface area contributed by atoms with Gasteiger partial charge in [-0.15, -0.1) is 11.3 Å². The predicted octanol–water partition coefficient (Wildman–Crippen LogP) is 4.73. The van der Waals surface area contributed by atoms with E-state index in [1.165, 1.54) is 38.5 Å². The highest BCUT2D eigenvalue weighted by Gasteiger charge is 2.51. The number of rotatable bonds is 5. The third-order valence-corrected chi connectivity index (χ3v) is 7.41. The molecule has 1 heterocycles. The SMILES string of the molecule is Cc1nc(COc2ccc(C(=O)NC34CC5CC(CC(C5)C3)C4)cc2)cs1. The second-order valence-corrected chi connectivity index (χ2v) is 9.89. The van der Waals surface area contributed by atoms with E-state index in [9.17, 15) is 4.79 Å². The maximum Gasteiger partial charge on any atom is 0.251 e. The second-order valence-electron chi connectivity index (χ2n) is 8.82. The van der Waals surface area contributed by atoms with Crippen LogP contribution in [0.25, 0.3) is 0 Å². The van der Waals surface area contributed by atoms with E-state index in [4.69, 9.17) is 4.74 Å². The van der Waals surface area contributed by atoms with Crippen molar-refractivity contribution in [3.05, 3.63) is 45.9 Å². The van der Waals surface area contributed by atoms with Gasteiger partial charge in [-0.25, -0.2) is 4.98 Å². The molecule has 142 valence electrons. The summed E-state index contributed by atoms with van der Waals surface area (Å²) in [5.74, 6) is 3.34. The van der Waals surface area contributed by atoms with Crippen LogP contribution in [0.3, 0.4) is 0 Å². The average Bonchev–Trinajstić information content (AvgIpc) is 3.04. The molecule has 4 fully saturated rings. The van der Waals surface area contributed by atoms with Crippen LogP contribution in [-0.4, -0.2) is 16.4 Å². The molecule has 1 N–H and O–H groups in total. The molecule has 4 aliphatic carbocycles. The molecular weight excluding hydrogens is 356 g/mol. The number of benzene rings is 1. The van der Waals surface area contributed by atoms with Gasteiger partial charge < -0.3 is 10.1 Å². The number of nitrogens with zero attached hydrogens (tertiary/aromatic N) is 1. The van der Waals surface area contributed by atoms with Crippen LogP contribution in [0.2, 0.25) is 0 Å². The number of carbonyl (C=O) groups excluding carboxylic acids is 1. The number of aryl methyl sites for hydroxylation is 1. The van der Waals surface area contributed by atoms with E-state index in [1.54, 1.807) is 11.3 Å². The summed E-state index contributed by atoms with van der Waals surface area (Å²) in [7, 11) is 0. The summed E-state index contributed by atoms with van der Waals surface area (Å²) in [4.78, 5) is 17.3. The molecule has 0 aliphatic heterocycles. The van der Waals surface area contributed by atoms with Crippen molar-refractivity contribution in [3.8, 4) is 5.75 Å². The largest absolute Gasteiger partial charge is 0.487 e. The Morgan fingerprint density at radius 3 is 2.33 bits per heavy atom. The molecule has 4 aliphatic rings. The molecule has 0 spiro atoms. The monoisotopic (exact) mass is 382 g/mol. The highest BCUT2D eigenvalue weighted by molar-refractivity contribution is 7.09. The fourth-order valence-electron chi connectivity index (χ4n) is 5.91. The van der Waals surface area contributed by atoms with E-state index >= 15 is 0 Å². The Hall–Kier alpha value is -1.88. The quantitative estimate of drug-likeness (QED) is 0.813. The summed E-state index contributed by atoms with van der Waals surface area (Å²) in [6.45, 7) is 2.45. The predicted molar refractivity (Wildman–Crippen MR) is 106 cm³/mol. The number of amides is 1. The summed E-state index contributed by atoms with van der Waals surface area (Å²) in [5, 5.41) is 6.50. The van der Waals surface area contributed by atoms with Crippen LogP contribution in [0.5, 0.6) is 5.75 Å². The zero-order valence-electron chi connectivity index (χ0n) is 15.7. The zero-order valence-corrected chi connectivity index (χ0v) is 16.6. The van der Waals surface area contributed by atoms with Gasteiger partial charge in [-0.3, -0.25) is 4.79 Å². The molecule has 4 saturated carbocycles. The van der Waals surface area contributed by atoms with Crippen LogP contribution in [0.1, 0.15) is 59.6 Å². The lowest BCUT2D eigenvalue weighted by Gasteiger charge is -2.56. The van der Waals surface area contributed by atoms with Crippen molar-refractivity contribution in [2.24, 2.45) is 17.8 Å². The molecular formula is C22H26N2O2S. The number of ether oxygens (including phenoxy) is 1. The molecule has 6 rings (SSSR count). The number of aromatic nitrogens is 1. The Morgan fingerprint density at radius 2 is 1.78 bits per heavy atom. The van der Waals surface area contributed by atoms with Crippen LogP contribution < -0.4 is 10.1 Å². The smallest absolute Gasteiger partial charge is 0.251 e. The van der Waals surface area contributed by atoms with Crippen molar-refractivity contribution < 1.29 is 9.53 Å². The number of nitrogens with one attached hydrogen (secondary N) is 1. The second kappa shape index (κ2) is 6.62. The van der Waals surface area contributed by atoms with Gasteiger partial charge in [0, 0.05) is 16.5 Å². The highest BCUT2D eigenvalue weighted by Crippen LogP contribution is 2.55. The van der Waals surface area contributed by atoms with Gasteiger partial charge in [-0.1, -0.05) is 0 Å². The number of hydrogen-bond donors (Lipinski definition) is 1. The van der Waals surface area contributed by atoms with E-state index in [1.807, 2.05) is 36.6 Å². The summed E-state index contributed by atoms with van der Waals surface area (Å²) >= 11 is 1.63. The van der Waals surface area contributed by atoms with Gasteiger partial charge in [0.25, 0.3) is 5.91 Å². The molecule has 4 nitrogen and oxygen atoms in total. The Bertz CT molecular complexity index is 807. The van der Waals surface area contributed by atoms with Gasteiger partial charge in [-0.05, 0) is 87.5 Å². The average molecular weight is 383 g/mol. The van der Waals surface area contributed by atoms with Gasteiger partial charge in [0.1, 0.15) is 12.4 Å². The number of carbonyl (C=O) groups is 1. The summed E-state index contributed by atoms with van der Waals surface area (Å²) in [5.41, 5.74) is 1.73. The molecule has 0 atom stereocenters.